The van der Waals surface area contributed by atoms with Crippen molar-refractivity contribution in [3.05, 3.63) is 17.5 Å². The van der Waals surface area contributed by atoms with Crippen molar-refractivity contribution in [3.63, 3.8) is 0 Å². The lowest BCUT2D eigenvalue weighted by atomic mass is 10.2. The molecule has 9 heteroatoms. The number of sulfonamides is 1. The largest absolute Gasteiger partial charge is 0.340 e. The van der Waals surface area contributed by atoms with Crippen LogP contribution in [0.5, 0.6) is 0 Å². The smallest absolute Gasteiger partial charge is 0.250 e. The van der Waals surface area contributed by atoms with E-state index in [9.17, 15) is 13.2 Å². The molecule has 120 valence electrons. The second kappa shape index (κ2) is 7.55. The van der Waals surface area contributed by atoms with Gasteiger partial charge in [0.15, 0.2) is 0 Å². The number of hydrogen-bond donors (Lipinski definition) is 2. The fourth-order valence-electron chi connectivity index (χ4n) is 2.21. The minimum absolute atomic E-state index is 0. The van der Waals surface area contributed by atoms with Crippen LogP contribution in [0.3, 0.4) is 0 Å². The summed E-state index contributed by atoms with van der Waals surface area (Å²) in [5.41, 5.74) is 0. The summed E-state index contributed by atoms with van der Waals surface area (Å²) in [5, 5.41) is 4.88. The van der Waals surface area contributed by atoms with Crippen molar-refractivity contribution in [2.75, 3.05) is 20.1 Å². The van der Waals surface area contributed by atoms with Gasteiger partial charge in [-0.1, -0.05) is 6.07 Å². The van der Waals surface area contributed by atoms with E-state index >= 15 is 0 Å². The third kappa shape index (κ3) is 4.40. The first-order chi connectivity index (χ1) is 9.42. The number of amides is 1. The predicted octanol–water partition coefficient (Wildman–Crippen LogP) is 0.657. The van der Waals surface area contributed by atoms with Crippen LogP contribution in [0, 0.1) is 0 Å². The number of nitrogens with one attached hydrogen (secondary N) is 2. The van der Waals surface area contributed by atoms with Crippen molar-refractivity contribution in [1.82, 2.24) is 14.9 Å². The molecule has 1 saturated heterocycles. The highest BCUT2D eigenvalue weighted by Gasteiger charge is 2.29. The zero-order valence-electron chi connectivity index (χ0n) is 11.9. The summed E-state index contributed by atoms with van der Waals surface area (Å²) in [6, 6.07) is 2.56. The Morgan fingerprint density at radius 1 is 1.57 bits per heavy atom. The molecule has 0 saturated carbocycles. The van der Waals surface area contributed by atoms with E-state index < -0.39 is 16.1 Å². The van der Waals surface area contributed by atoms with E-state index in [1.54, 1.807) is 30.3 Å². The molecule has 21 heavy (non-hydrogen) atoms. The molecule has 6 nitrogen and oxygen atoms in total. The van der Waals surface area contributed by atoms with Gasteiger partial charge in [-0.25, -0.2) is 8.42 Å². The second-order valence-electron chi connectivity index (χ2n) is 4.87. The maximum atomic E-state index is 12.3. The lowest BCUT2D eigenvalue weighted by Gasteiger charge is -2.27. The molecule has 2 rings (SSSR count). The van der Waals surface area contributed by atoms with Gasteiger partial charge >= 0.3 is 0 Å². The van der Waals surface area contributed by atoms with Crippen molar-refractivity contribution in [2.45, 2.75) is 29.6 Å². The highest BCUT2D eigenvalue weighted by molar-refractivity contribution is 7.91. The van der Waals surface area contributed by atoms with Crippen LogP contribution in [0.25, 0.3) is 0 Å². The topological polar surface area (TPSA) is 78.5 Å². The number of thiophene rings is 1. The molecule has 0 aliphatic carbocycles. The van der Waals surface area contributed by atoms with E-state index in [1.807, 2.05) is 0 Å². The number of nitrogens with zero attached hydrogens (tertiary/aromatic N) is 1. The highest BCUT2D eigenvalue weighted by Crippen LogP contribution is 2.16. The molecule has 1 amide bonds. The Balaban J connectivity index is 0.00000220. The fraction of sp³-hybridized carbons (Fsp3) is 0.583. The number of carbonyl (C=O) groups is 1. The van der Waals surface area contributed by atoms with Crippen molar-refractivity contribution in [2.24, 2.45) is 0 Å². The molecule has 2 N–H and O–H groups in total. The van der Waals surface area contributed by atoms with E-state index in [1.165, 1.54) is 6.07 Å². The van der Waals surface area contributed by atoms with E-state index in [4.69, 9.17) is 0 Å². The molecule has 1 aliphatic rings. The molecule has 0 spiro atoms. The molecule has 0 radical (unpaired) electrons. The number of rotatable bonds is 5. The van der Waals surface area contributed by atoms with Crippen molar-refractivity contribution in [3.8, 4) is 0 Å². The summed E-state index contributed by atoms with van der Waals surface area (Å²) in [5.74, 6) is -0.209. The predicted molar refractivity (Wildman–Crippen MR) is 85.4 cm³/mol. The van der Waals surface area contributed by atoms with Gasteiger partial charge in [0.2, 0.25) is 5.91 Å². The van der Waals surface area contributed by atoms with Crippen LogP contribution in [0.2, 0.25) is 0 Å². The Kier molecular flexibility index (Phi) is 6.61. The minimum Gasteiger partial charge on any atom is -0.340 e. The van der Waals surface area contributed by atoms with Gasteiger partial charge in [0.1, 0.15) is 4.21 Å². The molecule has 1 aromatic rings. The van der Waals surface area contributed by atoms with Crippen LogP contribution in [0.15, 0.2) is 21.7 Å². The molecule has 1 fully saturated rings. The van der Waals surface area contributed by atoms with Gasteiger partial charge in [-0.05, 0) is 31.3 Å². The maximum absolute atomic E-state index is 12.3. The number of halogens is 1. The Morgan fingerprint density at radius 2 is 2.29 bits per heavy atom. The van der Waals surface area contributed by atoms with Crippen LogP contribution in [-0.4, -0.2) is 51.4 Å². The van der Waals surface area contributed by atoms with Crippen LogP contribution < -0.4 is 10.0 Å². The average molecular weight is 354 g/mol. The monoisotopic (exact) mass is 353 g/mol. The number of likely N-dealkylation sites (N-methyl/N-ethyl adjacent to an activating group) is 1. The molecule has 2 heterocycles. The summed E-state index contributed by atoms with van der Waals surface area (Å²) in [6.45, 7) is 3.22. The molecular formula is C12H20ClN3O3S2. The van der Waals surface area contributed by atoms with E-state index in [0.29, 0.717) is 0 Å². The average Bonchev–Trinajstić information content (AvgIpc) is 3.08. The van der Waals surface area contributed by atoms with Gasteiger partial charge in [0.25, 0.3) is 10.0 Å². The van der Waals surface area contributed by atoms with E-state index in [0.717, 1.165) is 30.8 Å². The molecule has 2 atom stereocenters. The van der Waals surface area contributed by atoms with Crippen molar-refractivity contribution < 1.29 is 13.2 Å². The van der Waals surface area contributed by atoms with Gasteiger partial charge in [-0.3, -0.25) is 4.79 Å². The molecular weight excluding hydrogens is 334 g/mol. The molecule has 0 bridgehead atoms. The summed E-state index contributed by atoms with van der Waals surface area (Å²) < 4.78 is 26.8. The summed E-state index contributed by atoms with van der Waals surface area (Å²) in [6.07, 6.45) is 0.895. The lowest BCUT2D eigenvalue weighted by molar-refractivity contribution is -0.133. The zero-order chi connectivity index (χ0) is 14.8. The standard InChI is InChI=1S/C12H19N3O3S2.ClH/c1-9(12(16)15(2)10-5-6-13-8-10)14-20(17,18)11-4-3-7-19-11;/h3-4,7,9-10,13-14H,5-6,8H2,1-2H3;1H. The van der Waals surface area contributed by atoms with Gasteiger partial charge < -0.3 is 10.2 Å². The number of hydrogen-bond acceptors (Lipinski definition) is 5. The fourth-order valence-corrected chi connectivity index (χ4v) is 4.42. The first-order valence-electron chi connectivity index (χ1n) is 6.45. The normalized spacial score (nSPS) is 19.8. The Hall–Kier alpha value is -0.670. The Labute approximate surface area is 135 Å². The third-order valence-electron chi connectivity index (χ3n) is 3.39. The molecule has 0 aromatic carbocycles. The van der Waals surface area contributed by atoms with E-state index in [2.05, 4.69) is 10.0 Å². The van der Waals surface area contributed by atoms with Crippen molar-refractivity contribution >= 4 is 39.7 Å². The van der Waals surface area contributed by atoms with Gasteiger partial charge in [0, 0.05) is 19.6 Å². The maximum Gasteiger partial charge on any atom is 0.250 e. The zero-order valence-corrected chi connectivity index (χ0v) is 14.4. The first-order valence-corrected chi connectivity index (χ1v) is 8.81. The summed E-state index contributed by atoms with van der Waals surface area (Å²) in [7, 11) is -1.89. The minimum atomic E-state index is -3.61. The van der Waals surface area contributed by atoms with Crippen LogP contribution >= 0.6 is 23.7 Å². The summed E-state index contributed by atoms with van der Waals surface area (Å²) in [4.78, 5) is 13.9. The first kappa shape index (κ1) is 18.4. The van der Waals surface area contributed by atoms with Crippen LogP contribution in [0.1, 0.15) is 13.3 Å². The lowest BCUT2D eigenvalue weighted by Crippen LogP contribution is -2.49. The molecule has 1 aliphatic heterocycles. The molecule has 1 aromatic heterocycles. The Morgan fingerprint density at radius 3 is 2.81 bits per heavy atom. The van der Waals surface area contributed by atoms with Crippen LogP contribution in [-0.2, 0) is 14.8 Å². The van der Waals surface area contributed by atoms with Gasteiger partial charge in [-0.2, -0.15) is 4.72 Å². The van der Waals surface area contributed by atoms with Crippen LogP contribution in [0.4, 0.5) is 0 Å². The van der Waals surface area contributed by atoms with Gasteiger partial charge in [0.05, 0.1) is 6.04 Å². The number of carbonyl (C=O) groups excluding carboxylic acids is 1. The summed E-state index contributed by atoms with van der Waals surface area (Å²) >= 11 is 1.13. The quantitative estimate of drug-likeness (QED) is 0.815. The SMILES string of the molecule is CC(NS(=O)(=O)c1cccs1)C(=O)N(C)C1CCNC1.Cl. The molecule has 2 unspecified atom stereocenters. The highest BCUT2D eigenvalue weighted by atomic mass is 35.5. The second-order valence-corrected chi connectivity index (χ2v) is 7.76. The van der Waals surface area contributed by atoms with Gasteiger partial charge in [-0.15, -0.1) is 23.7 Å². The Bertz CT molecular complexity index is 556. The van der Waals surface area contributed by atoms with E-state index in [-0.39, 0.29) is 28.6 Å². The van der Waals surface area contributed by atoms with Crippen molar-refractivity contribution in [1.29, 1.82) is 0 Å². The third-order valence-corrected chi connectivity index (χ3v) is 6.33.